The number of hydrogen-bond donors (Lipinski definition) is 0. The van der Waals surface area contributed by atoms with Gasteiger partial charge in [0.25, 0.3) is 0 Å². The average Bonchev–Trinajstić information content (AvgIpc) is 1.89. The first-order chi connectivity index (χ1) is 4.18. The second kappa shape index (κ2) is 6.17. The second-order valence-electron chi connectivity index (χ2n) is 2.34. The van der Waals surface area contributed by atoms with Gasteiger partial charge in [-0.2, -0.15) is 11.8 Å². The third kappa shape index (κ3) is 4.29. The van der Waals surface area contributed by atoms with E-state index in [9.17, 15) is 9.59 Å². The van der Waals surface area contributed by atoms with Gasteiger partial charge < -0.3 is 9.59 Å². The Balaban J connectivity index is 0. The molecular formula is C7H10O2Y-2. The Kier molecular flexibility index (Phi) is 8.06. The van der Waals surface area contributed by atoms with Crippen molar-refractivity contribution in [2.75, 3.05) is 0 Å². The normalized spacial score (nSPS) is 14.6. The summed E-state index contributed by atoms with van der Waals surface area (Å²) in [5, 5.41) is 0. The Morgan fingerprint density at radius 2 is 1.90 bits per heavy atom. The molecule has 0 aromatic rings. The third-order valence-electron chi connectivity index (χ3n) is 1.49. The molecule has 0 aliphatic heterocycles. The maximum absolute atomic E-state index is 10.1. The number of hydrogen-bond acceptors (Lipinski definition) is 2. The van der Waals surface area contributed by atoms with E-state index < -0.39 is 5.41 Å². The average molecular weight is 215 g/mol. The fourth-order valence-corrected chi connectivity index (χ4v) is 0.393. The molecule has 1 radical (unpaired) electrons. The molecule has 0 aliphatic carbocycles. The van der Waals surface area contributed by atoms with E-state index >= 15 is 0 Å². The molecule has 2 nitrogen and oxygen atoms in total. The standard InChI is InChI=1S/C7H10O2.Y/c1-3-7(2,6-9)4-5-8;/h3-4H2,1-2H3;/q-2;. The van der Waals surface area contributed by atoms with E-state index in [0.29, 0.717) is 6.42 Å². The third-order valence-corrected chi connectivity index (χ3v) is 1.49. The van der Waals surface area contributed by atoms with E-state index in [1.54, 1.807) is 13.2 Å². The van der Waals surface area contributed by atoms with Gasteiger partial charge in [-0.3, -0.25) is 12.6 Å². The molecule has 3 heteroatoms. The van der Waals surface area contributed by atoms with Gasteiger partial charge in [-0.15, -0.1) is 0 Å². The summed E-state index contributed by atoms with van der Waals surface area (Å²) < 4.78 is 0. The zero-order valence-electron chi connectivity index (χ0n) is 6.31. The van der Waals surface area contributed by atoms with Gasteiger partial charge in [0, 0.05) is 32.7 Å². The van der Waals surface area contributed by atoms with Crippen LogP contribution in [-0.4, -0.2) is 12.6 Å². The summed E-state index contributed by atoms with van der Waals surface area (Å²) in [6.07, 6.45) is 4.32. The van der Waals surface area contributed by atoms with Crippen LogP contribution in [-0.2, 0) is 42.3 Å². The largest absolute Gasteiger partial charge is 0.542 e. The minimum absolute atomic E-state index is 0. The van der Waals surface area contributed by atoms with Crippen LogP contribution in [0.5, 0.6) is 0 Å². The molecule has 0 aromatic carbocycles. The molecule has 0 N–H and O–H groups in total. The molecule has 0 aliphatic rings. The summed E-state index contributed by atoms with van der Waals surface area (Å²) in [4.78, 5) is 20.0. The predicted molar refractivity (Wildman–Crippen MR) is 34.4 cm³/mol. The molecule has 0 saturated heterocycles. The molecule has 10 heavy (non-hydrogen) atoms. The van der Waals surface area contributed by atoms with Gasteiger partial charge in [0.2, 0.25) is 0 Å². The molecule has 0 spiro atoms. The summed E-state index contributed by atoms with van der Waals surface area (Å²) in [5.74, 6) is 0. The fraction of sp³-hybridized carbons (Fsp3) is 0.714. The van der Waals surface area contributed by atoms with Gasteiger partial charge in [0.15, 0.2) is 0 Å². The first-order valence-corrected chi connectivity index (χ1v) is 2.93. The van der Waals surface area contributed by atoms with Crippen LogP contribution in [0.2, 0.25) is 0 Å². The van der Waals surface area contributed by atoms with E-state index in [-0.39, 0.29) is 39.1 Å². The summed E-state index contributed by atoms with van der Waals surface area (Å²) >= 11 is 0. The molecule has 0 amide bonds. The number of carbonyl (C=O) groups excluding carboxylic acids is 2. The molecule has 0 bridgehead atoms. The van der Waals surface area contributed by atoms with Crippen LogP contribution >= 0.6 is 0 Å². The fourth-order valence-electron chi connectivity index (χ4n) is 0.393. The van der Waals surface area contributed by atoms with Crippen LogP contribution in [0.15, 0.2) is 0 Å². The van der Waals surface area contributed by atoms with Crippen LogP contribution in [0, 0.1) is 5.41 Å². The molecule has 0 saturated carbocycles. The molecule has 0 fully saturated rings. The van der Waals surface area contributed by atoms with Crippen molar-refractivity contribution in [1.29, 1.82) is 0 Å². The van der Waals surface area contributed by atoms with E-state index in [4.69, 9.17) is 0 Å². The Bertz CT molecular complexity index is 114. The van der Waals surface area contributed by atoms with Crippen LogP contribution in [0.3, 0.4) is 0 Å². The van der Waals surface area contributed by atoms with Gasteiger partial charge in [-0.25, -0.2) is 0 Å². The van der Waals surface area contributed by atoms with Crippen molar-refractivity contribution in [2.24, 2.45) is 5.41 Å². The van der Waals surface area contributed by atoms with Crippen LogP contribution < -0.4 is 0 Å². The second-order valence-corrected chi connectivity index (χ2v) is 2.34. The van der Waals surface area contributed by atoms with E-state index in [0.717, 1.165) is 0 Å². The van der Waals surface area contributed by atoms with Crippen molar-refractivity contribution >= 4 is 12.6 Å². The quantitative estimate of drug-likeness (QED) is 0.656. The monoisotopic (exact) mass is 215 g/mol. The SMILES string of the molecule is CCC(C)([C-]=O)C[C-]=O.[Y]. The molecule has 0 rings (SSSR count). The molecule has 1 unspecified atom stereocenters. The van der Waals surface area contributed by atoms with E-state index in [2.05, 4.69) is 0 Å². The van der Waals surface area contributed by atoms with Crippen molar-refractivity contribution in [3.8, 4) is 0 Å². The van der Waals surface area contributed by atoms with Crippen molar-refractivity contribution < 1.29 is 42.3 Å². The minimum Gasteiger partial charge on any atom is -0.542 e. The van der Waals surface area contributed by atoms with Crippen molar-refractivity contribution in [2.45, 2.75) is 26.7 Å². The van der Waals surface area contributed by atoms with Crippen molar-refractivity contribution in [3.63, 3.8) is 0 Å². The van der Waals surface area contributed by atoms with Gasteiger partial charge in [-0.1, -0.05) is 20.3 Å². The number of rotatable bonds is 4. The molecule has 55 valence electrons. The van der Waals surface area contributed by atoms with Gasteiger partial charge >= 0.3 is 0 Å². The predicted octanol–water partition coefficient (Wildman–Crippen LogP) is 1.01. The van der Waals surface area contributed by atoms with Crippen LogP contribution in [0.25, 0.3) is 0 Å². The van der Waals surface area contributed by atoms with E-state index in [1.807, 2.05) is 13.2 Å². The Hall–Kier alpha value is 0.444. The summed E-state index contributed by atoms with van der Waals surface area (Å²) in [6.45, 7) is 3.55. The Labute approximate surface area is 86.6 Å². The zero-order valence-corrected chi connectivity index (χ0v) is 9.15. The smallest absolute Gasteiger partial charge is 0 e. The Morgan fingerprint density at radius 1 is 1.40 bits per heavy atom. The van der Waals surface area contributed by atoms with E-state index in [1.165, 1.54) is 0 Å². The summed E-state index contributed by atoms with van der Waals surface area (Å²) in [7, 11) is 0. The zero-order chi connectivity index (χ0) is 7.33. The summed E-state index contributed by atoms with van der Waals surface area (Å²) in [6, 6.07) is 0. The van der Waals surface area contributed by atoms with Crippen molar-refractivity contribution in [3.05, 3.63) is 0 Å². The minimum atomic E-state index is -0.595. The van der Waals surface area contributed by atoms with Crippen LogP contribution in [0.4, 0.5) is 0 Å². The van der Waals surface area contributed by atoms with Crippen LogP contribution in [0.1, 0.15) is 26.7 Å². The van der Waals surface area contributed by atoms with Gasteiger partial charge in [0.1, 0.15) is 0 Å². The van der Waals surface area contributed by atoms with Crippen molar-refractivity contribution in [1.82, 2.24) is 0 Å². The molecular weight excluding hydrogens is 205 g/mol. The van der Waals surface area contributed by atoms with Gasteiger partial charge in [-0.05, 0) is 0 Å². The Morgan fingerprint density at radius 3 is 2.00 bits per heavy atom. The maximum atomic E-state index is 10.1. The topological polar surface area (TPSA) is 34.1 Å². The summed E-state index contributed by atoms with van der Waals surface area (Å²) in [5.41, 5.74) is -0.595. The maximum Gasteiger partial charge on any atom is 0 e. The molecule has 0 aromatic heterocycles. The van der Waals surface area contributed by atoms with Gasteiger partial charge in [0.05, 0.1) is 0 Å². The first kappa shape index (κ1) is 13.1. The first-order valence-electron chi connectivity index (χ1n) is 2.93. The molecule has 1 atom stereocenters. The molecule has 0 heterocycles.